The highest BCUT2D eigenvalue weighted by atomic mass is 35.5. The Labute approximate surface area is 89.5 Å². The van der Waals surface area contributed by atoms with E-state index in [4.69, 9.17) is 4.74 Å². The number of hydrogen-bond acceptors (Lipinski definition) is 4. The van der Waals surface area contributed by atoms with Gasteiger partial charge in [0.2, 0.25) is 5.88 Å². The fourth-order valence-corrected chi connectivity index (χ4v) is 1.35. The quantitative estimate of drug-likeness (QED) is 0.798. The molecular formula is C9H14ClN3O. The number of ether oxygens (including phenoxy) is 1. The Balaban J connectivity index is 0.000000980. The summed E-state index contributed by atoms with van der Waals surface area (Å²) in [5.41, 5.74) is 0.914. The van der Waals surface area contributed by atoms with Crippen LogP contribution in [0.3, 0.4) is 0 Å². The first-order valence-corrected chi connectivity index (χ1v) is 4.52. The fraction of sp³-hybridized carbons (Fsp3) is 0.556. The zero-order valence-electron chi connectivity index (χ0n) is 8.06. The summed E-state index contributed by atoms with van der Waals surface area (Å²) >= 11 is 0. The third kappa shape index (κ3) is 2.82. The third-order valence-electron chi connectivity index (χ3n) is 2.08. The lowest BCUT2D eigenvalue weighted by Crippen LogP contribution is -2.20. The first kappa shape index (κ1) is 11.2. The van der Waals surface area contributed by atoms with Crippen molar-refractivity contribution < 1.29 is 4.74 Å². The Morgan fingerprint density at radius 1 is 1.43 bits per heavy atom. The Hall–Kier alpha value is -0.870. The maximum absolute atomic E-state index is 5.59. The fourth-order valence-electron chi connectivity index (χ4n) is 1.35. The van der Waals surface area contributed by atoms with E-state index in [-0.39, 0.29) is 18.5 Å². The molecule has 0 bridgehead atoms. The van der Waals surface area contributed by atoms with Crippen LogP contribution in [0.5, 0.6) is 5.88 Å². The number of hydrogen-bond donors (Lipinski definition) is 1. The van der Waals surface area contributed by atoms with Crippen LogP contribution in [0.4, 0.5) is 0 Å². The molecule has 1 aromatic heterocycles. The van der Waals surface area contributed by atoms with Crippen LogP contribution in [-0.4, -0.2) is 29.4 Å². The van der Waals surface area contributed by atoms with Gasteiger partial charge in [0.15, 0.2) is 0 Å². The molecule has 0 aromatic carbocycles. The van der Waals surface area contributed by atoms with Crippen LogP contribution in [0.2, 0.25) is 0 Å². The SMILES string of the molecule is Cc1ccc(O[C@H]2CCNC2)nn1.Cl. The summed E-state index contributed by atoms with van der Waals surface area (Å²) in [7, 11) is 0. The number of rotatable bonds is 2. The van der Waals surface area contributed by atoms with Gasteiger partial charge in [-0.3, -0.25) is 0 Å². The van der Waals surface area contributed by atoms with Gasteiger partial charge in [-0.1, -0.05) is 0 Å². The average molecular weight is 216 g/mol. The molecule has 0 radical (unpaired) electrons. The van der Waals surface area contributed by atoms with E-state index in [1.54, 1.807) is 0 Å². The molecule has 1 fully saturated rings. The minimum absolute atomic E-state index is 0. The lowest BCUT2D eigenvalue weighted by Gasteiger charge is -2.10. The van der Waals surface area contributed by atoms with Gasteiger partial charge < -0.3 is 10.1 Å². The number of aromatic nitrogens is 2. The second-order valence-corrected chi connectivity index (χ2v) is 3.25. The zero-order valence-corrected chi connectivity index (χ0v) is 8.88. The number of halogens is 1. The van der Waals surface area contributed by atoms with Crippen molar-refractivity contribution >= 4 is 12.4 Å². The van der Waals surface area contributed by atoms with E-state index in [0.29, 0.717) is 5.88 Å². The molecule has 2 rings (SSSR count). The van der Waals surface area contributed by atoms with E-state index in [0.717, 1.165) is 25.2 Å². The molecule has 1 aromatic rings. The van der Waals surface area contributed by atoms with Crippen molar-refractivity contribution in [2.45, 2.75) is 19.4 Å². The normalized spacial score (nSPS) is 20.2. The van der Waals surface area contributed by atoms with Crippen LogP contribution in [-0.2, 0) is 0 Å². The molecule has 0 saturated carbocycles. The minimum Gasteiger partial charge on any atom is -0.472 e. The predicted molar refractivity (Wildman–Crippen MR) is 55.9 cm³/mol. The number of nitrogens with zero attached hydrogens (tertiary/aromatic N) is 2. The zero-order chi connectivity index (χ0) is 9.10. The first-order valence-electron chi connectivity index (χ1n) is 4.52. The summed E-state index contributed by atoms with van der Waals surface area (Å²) in [6.07, 6.45) is 1.31. The van der Waals surface area contributed by atoms with Crippen LogP contribution in [0.1, 0.15) is 12.1 Å². The molecule has 1 N–H and O–H groups in total. The van der Waals surface area contributed by atoms with Gasteiger partial charge in [0.1, 0.15) is 6.10 Å². The Bertz CT molecular complexity index is 272. The van der Waals surface area contributed by atoms with Crippen LogP contribution >= 0.6 is 12.4 Å². The molecule has 1 aliphatic rings. The van der Waals surface area contributed by atoms with Gasteiger partial charge in [-0.2, -0.15) is 5.10 Å². The third-order valence-corrected chi connectivity index (χ3v) is 2.08. The smallest absolute Gasteiger partial charge is 0.233 e. The summed E-state index contributed by atoms with van der Waals surface area (Å²) < 4.78 is 5.59. The highest BCUT2D eigenvalue weighted by Crippen LogP contribution is 2.10. The van der Waals surface area contributed by atoms with Crippen LogP contribution < -0.4 is 10.1 Å². The second kappa shape index (κ2) is 5.12. The van der Waals surface area contributed by atoms with E-state index in [1.807, 2.05) is 19.1 Å². The molecule has 5 heteroatoms. The van der Waals surface area contributed by atoms with Crippen molar-refractivity contribution in [3.8, 4) is 5.88 Å². The molecule has 2 heterocycles. The van der Waals surface area contributed by atoms with Gasteiger partial charge in [0, 0.05) is 12.6 Å². The topological polar surface area (TPSA) is 47.0 Å². The molecule has 1 atom stereocenters. The molecular weight excluding hydrogens is 202 g/mol. The van der Waals surface area contributed by atoms with E-state index < -0.39 is 0 Å². The van der Waals surface area contributed by atoms with Crippen molar-refractivity contribution in [3.05, 3.63) is 17.8 Å². The van der Waals surface area contributed by atoms with Crippen molar-refractivity contribution in [3.63, 3.8) is 0 Å². The van der Waals surface area contributed by atoms with Gasteiger partial charge in [-0.25, -0.2) is 0 Å². The first-order chi connectivity index (χ1) is 6.34. The Kier molecular flexibility index (Phi) is 4.10. The maximum Gasteiger partial charge on any atom is 0.233 e. The highest BCUT2D eigenvalue weighted by molar-refractivity contribution is 5.85. The van der Waals surface area contributed by atoms with Crippen molar-refractivity contribution in [2.75, 3.05) is 13.1 Å². The summed E-state index contributed by atoms with van der Waals surface area (Å²) in [5, 5.41) is 11.1. The van der Waals surface area contributed by atoms with E-state index in [1.165, 1.54) is 0 Å². The monoisotopic (exact) mass is 215 g/mol. The summed E-state index contributed by atoms with van der Waals surface area (Å²) in [5.74, 6) is 0.624. The van der Waals surface area contributed by atoms with Crippen LogP contribution in [0.25, 0.3) is 0 Å². The second-order valence-electron chi connectivity index (χ2n) is 3.25. The molecule has 1 saturated heterocycles. The largest absolute Gasteiger partial charge is 0.472 e. The molecule has 14 heavy (non-hydrogen) atoms. The van der Waals surface area contributed by atoms with Crippen molar-refractivity contribution in [2.24, 2.45) is 0 Å². The lowest BCUT2D eigenvalue weighted by molar-refractivity contribution is 0.211. The molecule has 78 valence electrons. The highest BCUT2D eigenvalue weighted by Gasteiger charge is 2.16. The van der Waals surface area contributed by atoms with Crippen LogP contribution in [0, 0.1) is 6.92 Å². The molecule has 4 nitrogen and oxygen atoms in total. The van der Waals surface area contributed by atoms with Crippen molar-refractivity contribution in [1.82, 2.24) is 15.5 Å². The summed E-state index contributed by atoms with van der Waals surface area (Å²) in [6, 6.07) is 3.77. The van der Waals surface area contributed by atoms with E-state index >= 15 is 0 Å². The molecule has 1 aliphatic heterocycles. The number of nitrogens with one attached hydrogen (secondary N) is 1. The molecule has 0 amide bonds. The minimum atomic E-state index is 0. The molecule has 0 spiro atoms. The van der Waals surface area contributed by atoms with E-state index in [9.17, 15) is 0 Å². The van der Waals surface area contributed by atoms with Crippen molar-refractivity contribution in [1.29, 1.82) is 0 Å². The van der Waals surface area contributed by atoms with Gasteiger partial charge >= 0.3 is 0 Å². The molecule has 0 aliphatic carbocycles. The molecule has 0 unspecified atom stereocenters. The predicted octanol–water partition coefficient (Wildman–Crippen LogP) is 0.948. The summed E-state index contributed by atoms with van der Waals surface area (Å²) in [6.45, 7) is 3.85. The standard InChI is InChI=1S/C9H13N3O.ClH/c1-7-2-3-9(12-11-7)13-8-4-5-10-6-8;/h2-3,8,10H,4-6H2,1H3;1H/t8-;/m0./s1. The van der Waals surface area contributed by atoms with Gasteiger partial charge in [-0.15, -0.1) is 17.5 Å². The lowest BCUT2D eigenvalue weighted by atomic mass is 10.3. The Morgan fingerprint density at radius 3 is 2.86 bits per heavy atom. The Morgan fingerprint density at radius 2 is 2.29 bits per heavy atom. The van der Waals surface area contributed by atoms with Gasteiger partial charge in [0.05, 0.1) is 5.69 Å². The van der Waals surface area contributed by atoms with E-state index in [2.05, 4.69) is 15.5 Å². The van der Waals surface area contributed by atoms with Gasteiger partial charge in [0.25, 0.3) is 0 Å². The van der Waals surface area contributed by atoms with Crippen LogP contribution in [0.15, 0.2) is 12.1 Å². The average Bonchev–Trinajstić information content (AvgIpc) is 2.62. The maximum atomic E-state index is 5.59. The summed E-state index contributed by atoms with van der Waals surface area (Å²) in [4.78, 5) is 0. The number of aryl methyl sites for hydroxylation is 1. The van der Waals surface area contributed by atoms with Gasteiger partial charge in [-0.05, 0) is 26.0 Å².